The second kappa shape index (κ2) is 7.56. The second-order valence-electron chi connectivity index (χ2n) is 7.22. The Kier molecular flexibility index (Phi) is 4.61. The molecule has 4 heterocycles. The van der Waals surface area contributed by atoms with Crippen molar-refractivity contribution in [3.63, 3.8) is 0 Å². The molecule has 4 aromatic rings. The number of fused-ring (bicyclic) bond motifs is 1. The first-order chi connectivity index (χ1) is 14.3. The zero-order valence-electron chi connectivity index (χ0n) is 16.1. The normalized spacial score (nSPS) is 15.2. The number of anilines is 2. The van der Waals surface area contributed by atoms with Gasteiger partial charge in [-0.2, -0.15) is 9.50 Å². The molecule has 1 aliphatic heterocycles. The molecule has 2 N–H and O–H groups in total. The van der Waals surface area contributed by atoms with Crippen molar-refractivity contribution in [2.24, 2.45) is 0 Å². The fourth-order valence-electron chi connectivity index (χ4n) is 3.70. The average Bonchev–Trinajstić information content (AvgIpc) is 3.43. The maximum absolute atomic E-state index is 6.15. The van der Waals surface area contributed by atoms with Gasteiger partial charge in [0.1, 0.15) is 5.82 Å². The molecule has 5 rings (SSSR count). The highest BCUT2D eigenvalue weighted by Gasteiger charge is 2.20. The number of hydrogen-bond acceptors (Lipinski definition) is 7. The largest absolute Gasteiger partial charge is 0.461 e. The maximum Gasteiger partial charge on any atom is 0.225 e. The molecule has 1 aliphatic rings. The quantitative estimate of drug-likeness (QED) is 0.560. The number of nitrogens with zero attached hydrogens (tertiary/aromatic N) is 6. The van der Waals surface area contributed by atoms with Crippen molar-refractivity contribution >= 4 is 17.4 Å². The molecule has 0 amide bonds. The van der Waals surface area contributed by atoms with Gasteiger partial charge in [-0.3, -0.25) is 4.90 Å². The molecule has 1 saturated heterocycles. The third-order valence-corrected chi connectivity index (χ3v) is 5.33. The van der Waals surface area contributed by atoms with Gasteiger partial charge in [0.25, 0.3) is 0 Å². The van der Waals surface area contributed by atoms with Crippen molar-refractivity contribution in [3.8, 4) is 11.6 Å². The highest BCUT2D eigenvalue weighted by molar-refractivity contribution is 5.59. The lowest BCUT2D eigenvalue weighted by Gasteiger charge is -2.35. The number of nitrogens with two attached hydrogens (primary N) is 1. The van der Waals surface area contributed by atoms with E-state index in [1.165, 1.54) is 5.56 Å². The number of hydrogen-bond donors (Lipinski definition) is 1. The third-order valence-electron chi connectivity index (χ3n) is 5.33. The summed E-state index contributed by atoms with van der Waals surface area (Å²) in [5.74, 6) is 2.29. The lowest BCUT2D eigenvalue weighted by molar-refractivity contribution is 0.260. The van der Waals surface area contributed by atoms with E-state index in [0.29, 0.717) is 23.2 Å². The summed E-state index contributed by atoms with van der Waals surface area (Å²) in [7, 11) is 0. The zero-order chi connectivity index (χ0) is 19.6. The van der Waals surface area contributed by atoms with Gasteiger partial charge in [-0.15, -0.1) is 5.10 Å². The molecule has 0 spiro atoms. The van der Waals surface area contributed by atoms with Crippen molar-refractivity contribution < 1.29 is 4.42 Å². The Morgan fingerprint density at radius 3 is 2.55 bits per heavy atom. The van der Waals surface area contributed by atoms with Crippen LogP contribution in [0.3, 0.4) is 0 Å². The van der Waals surface area contributed by atoms with Crippen LogP contribution in [-0.4, -0.2) is 57.2 Å². The van der Waals surface area contributed by atoms with Crippen LogP contribution in [0.1, 0.15) is 5.56 Å². The lowest BCUT2D eigenvalue weighted by Crippen LogP contribution is -2.47. The second-order valence-corrected chi connectivity index (χ2v) is 7.22. The van der Waals surface area contributed by atoms with Gasteiger partial charge >= 0.3 is 0 Å². The van der Waals surface area contributed by atoms with Crippen molar-refractivity contribution in [1.82, 2.24) is 24.5 Å². The fourth-order valence-corrected chi connectivity index (χ4v) is 3.70. The van der Waals surface area contributed by atoms with E-state index in [4.69, 9.17) is 10.2 Å². The Hall–Kier alpha value is -3.39. The number of rotatable bonds is 5. The van der Waals surface area contributed by atoms with E-state index in [1.54, 1.807) is 10.8 Å². The monoisotopic (exact) mass is 389 g/mol. The van der Waals surface area contributed by atoms with Crippen molar-refractivity contribution in [2.45, 2.75) is 6.42 Å². The molecule has 0 aliphatic carbocycles. The van der Waals surface area contributed by atoms with E-state index in [-0.39, 0.29) is 0 Å². The van der Waals surface area contributed by atoms with E-state index in [1.807, 2.05) is 18.2 Å². The molecule has 8 nitrogen and oxygen atoms in total. The third kappa shape index (κ3) is 3.66. The molecule has 0 saturated carbocycles. The number of benzene rings is 1. The van der Waals surface area contributed by atoms with Crippen LogP contribution in [0.25, 0.3) is 17.2 Å². The molecule has 3 aromatic heterocycles. The van der Waals surface area contributed by atoms with Gasteiger partial charge in [-0.05, 0) is 24.1 Å². The van der Waals surface area contributed by atoms with Crippen molar-refractivity contribution in [1.29, 1.82) is 0 Å². The number of aromatic nitrogens is 4. The van der Waals surface area contributed by atoms with Gasteiger partial charge in [0.2, 0.25) is 11.8 Å². The fraction of sp³-hybridized carbons (Fsp3) is 0.286. The van der Waals surface area contributed by atoms with Gasteiger partial charge < -0.3 is 15.1 Å². The van der Waals surface area contributed by atoms with E-state index in [2.05, 4.69) is 55.2 Å². The summed E-state index contributed by atoms with van der Waals surface area (Å²) in [5, 5.41) is 4.40. The van der Waals surface area contributed by atoms with Crippen LogP contribution in [0.5, 0.6) is 0 Å². The molecular formula is C21H23N7O. The molecule has 8 heteroatoms. The average molecular weight is 389 g/mol. The summed E-state index contributed by atoms with van der Waals surface area (Å²) in [4.78, 5) is 13.9. The van der Waals surface area contributed by atoms with Crippen LogP contribution in [0.2, 0.25) is 0 Å². The Balaban J connectivity index is 1.27. The van der Waals surface area contributed by atoms with Crippen molar-refractivity contribution in [3.05, 3.63) is 60.4 Å². The van der Waals surface area contributed by atoms with Gasteiger partial charge in [-0.25, -0.2) is 4.98 Å². The minimum absolute atomic E-state index is 0.328. The summed E-state index contributed by atoms with van der Waals surface area (Å²) in [6, 6.07) is 16.2. The topological polar surface area (TPSA) is 88.7 Å². The summed E-state index contributed by atoms with van der Waals surface area (Å²) in [5.41, 5.74) is 8.21. The van der Waals surface area contributed by atoms with Crippen LogP contribution in [0, 0.1) is 0 Å². The highest BCUT2D eigenvalue weighted by Crippen LogP contribution is 2.22. The Morgan fingerprint density at radius 2 is 1.79 bits per heavy atom. The first-order valence-electron chi connectivity index (χ1n) is 9.85. The van der Waals surface area contributed by atoms with E-state index >= 15 is 0 Å². The Bertz CT molecular complexity index is 1080. The number of nitrogen functional groups attached to an aromatic ring is 1. The minimum atomic E-state index is 0.328. The molecule has 0 atom stereocenters. The highest BCUT2D eigenvalue weighted by atomic mass is 16.3. The molecule has 148 valence electrons. The molecule has 0 radical (unpaired) electrons. The number of furan rings is 1. The van der Waals surface area contributed by atoms with Crippen molar-refractivity contribution in [2.75, 3.05) is 43.4 Å². The summed E-state index contributed by atoms with van der Waals surface area (Å²) in [6.45, 7) is 4.91. The van der Waals surface area contributed by atoms with Gasteiger partial charge in [-0.1, -0.05) is 30.3 Å². The van der Waals surface area contributed by atoms with Crippen LogP contribution < -0.4 is 10.6 Å². The molecule has 0 bridgehead atoms. The summed E-state index contributed by atoms with van der Waals surface area (Å²) < 4.78 is 6.94. The summed E-state index contributed by atoms with van der Waals surface area (Å²) >= 11 is 0. The smallest absolute Gasteiger partial charge is 0.225 e. The van der Waals surface area contributed by atoms with Gasteiger partial charge in [0.15, 0.2) is 11.4 Å². The maximum atomic E-state index is 6.15. The Labute approximate surface area is 168 Å². The molecule has 1 fully saturated rings. The molecule has 0 unspecified atom stereocenters. The van der Waals surface area contributed by atoms with E-state index in [0.717, 1.165) is 45.0 Å². The zero-order valence-corrected chi connectivity index (χ0v) is 16.1. The van der Waals surface area contributed by atoms with Crippen LogP contribution in [0.4, 0.5) is 11.8 Å². The van der Waals surface area contributed by atoms with Crippen LogP contribution in [0.15, 0.2) is 59.2 Å². The molecule has 29 heavy (non-hydrogen) atoms. The summed E-state index contributed by atoms with van der Waals surface area (Å²) in [6.07, 6.45) is 2.68. The first kappa shape index (κ1) is 17.7. The Morgan fingerprint density at radius 1 is 0.966 bits per heavy atom. The minimum Gasteiger partial charge on any atom is -0.461 e. The SMILES string of the molecule is Nc1nc(N2CCN(CCc3ccccc3)CC2)cc2nc(-c3ccco3)nn12. The lowest BCUT2D eigenvalue weighted by atomic mass is 10.1. The predicted molar refractivity (Wildman–Crippen MR) is 112 cm³/mol. The van der Waals surface area contributed by atoms with Gasteiger partial charge in [0, 0.05) is 38.8 Å². The predicted octanol–water partition coefficient (Wildman–Crippen LogP) is 2.33. The van der Waals surface area contributed by atoms with E-state index < -0.39 is 0 Å². The van der Waals surface area contributed by atoms with E-state index in [9.17, 15) is 0 Å². The first-order valence-corrected chi connectivity index (χ1v) is 9.85. The van der Waals surface area contributed by atoms with Gasteiger partial charge in [0.05, 0.1) is 6.26 Å². The molecular weight excluding hydrogens is 366 g/mol. The van der Waals surface area contributed by atoms with Crippen LogP contribution in [-0.2, 0) is 6.42 Å². The standard InChI is InChI=1S/C21H23N7O/c22-21-24-18(15-19-23-20(25-28(19)21)17-7-4-14-29-17)27-12-10-26(11-13-27)9-8-16-5-2-1-3-6-16/h1-7,14-15H,8-13H2,(H2,22,24). The number of piperazine rings is 1. The molecule has 1 aromatic carbocycles. The van der Waals surface area contributed by atoms with Crippen LogP contribution >= 0.6 is 0 Å².